The third-order valence-electron chi connectivity index (χ3n) is 11.5. The summed E-state index contributed by atoms with van der Waals surface area (Å²) in [5.74, 6) is 0.0810. The van der Waals surface area contributed by atoms with E-state index in [4.69, 9.17) is 9.47 Å². The second kappa shape index (κ2) is 14.7. The fourth-order valence-corrected chi connectivity index (χ4v) is 8.79. The van der Waals surface area contributed by atoms with E-state index in [9.17, 15) is 18.4 Å². The van der Waals surface area contributed by atoms with Crippen molar-refractivity contribution in [2.24, 2.45) is 0 Å². The lowest BCUT2D eigenvalue weighted by atomic mass is 9.90. The molecular weight excluding hydrogens is 687 g/mol. The first-order valence-electron chi connectivity index (χ1n) is 18.9. The van der Waals surface area contributed by atoms with Crippen molar-refractivity contribution in [3.63, 3.8) is 0 Å². The zero-order chi connectivity index (χ0) is 36.8. The number of carbonyl (C=O) groups excluding carboxylic acids is 2. The van der Waals surface area contributed by atoms with E-state index in [-0.39, 0.29) is 48.3 Å². The smallest absolute Gasteiger partial charge is 0.189 e. The van der Waals surface area contributed by atoms with E-state index in [1.807, 2.05) is 60.7 Å². The van der Waals surface area contributed by atoms with Gasteiger partial charge in [-0.25, -0.2) is 8.78 Å². The van der Waals surface area contributed by atoms with Crippen molar-refractivity contribution < 1.29 is 27.8 Å². The Kier molecular flexibility index (Phi) is 9.44. The number of H-pyrrole nitrogens is 2. The van der Waals surface area contributed by atoms with Gasteiger partial charge in [0.25, 0.3) is 0 Å². The summed E-state index contributed by atoms with van der Waals surface area (Å²) in [6.45, 7) is 4.51. The van der Waals surface area contributed by atoms with Gasteiger partial charge in [0, 0.05) is 68.3 Å². The van der Waals surface area contributed by atoms with E-state index in [1.54, 1.807) is 12.1 Å². The van der Waals surface area contributed by atoms with E-state index in [0.717, 1.165) is 118 Å². The van der Waals surface area contributed by atoms with Gasteiger partial charge < -0.3 is 30.1 Å². The van der Waals surface area contributed by atoms with E-state index in [2.05, 4.69) is 20.6 Å². The van der Waals surface area contributed by atoms with Crippen molar-refractivity contribution in [3.8, 4) is 22.5 Å². The second-order valence-corrected chi connectivity index (χ2v) is 14.8. The van der Waals surface area contributed by atoms with Crippen LogP contribution in [0.3, 0.4) is 0 Å². The minimum atomic E-state index is -0.169. The summed E-state index contributed by atoms with van der Waals surface area (Å²) in [5, 5.41) is 8.49. The number of hydrogen-bond acceptors (Lipinski definition) is 6. The van der Waals surface area contributed by atoms with Crippen LogP contribution in [0.5, 0.6) is 0 Å². The number of carbonyl (C=O) groups is 2. The van der Waals surface area contributed by atoms with Gasteiger partial charge in [0.2, 0.25) is 0 Å². The Balaban J connectivity index is 0.000000142. The van der Waals surface area contributed by atoms with E-state index < -0.39 is 0 Å². The second-order valence-electron chi connectivity index (χ2n) is 14.8. The number of benzene rings is 4. The van der Waals surface area contributed by atoms with Crippen molar-refractivity contribution in [1.82, 2.24) is 20.6 Å². The highest BCUT2D eigenvalue weighted by molar-refractivity contribution is 6.12. The molecule has 10 rings (SSSR count). The molecule has 2 atom stereocenters. The van der Waals surface area contributed by atoms with Gasteiger partial charge in [-0.3, -0.25) is 9.59 Å². The van der Waals surface area contributed by atoms with Crippen LogP contribution >= 0.6 is 0 Å². The van der Waals surface area contributed by atoms with Crippen molar-refractivity contribution in [2.75, 3.05) is 39.4 Å². The fourth-order valence-electron chi connectivity index (χ4n) is 8.79. The average molecular weight is 729 g/mol. The number of aromatic amines is 2. The van der Waals surface area contributed by atoms with Crippen LogP contribution < -0.4 is 10.6 Å². The maximum atomic E-state index is 14.9. The summed E-state index contributed by atoms with van der Waals surface area (Å²) in [6, 6.07) is 22.3. The first-order chi connectivity index (χ1) is 26.4. The van der Waals surface area contributed by atoms with E-state index in [1.165, 1.54) is 0 Å². The number of ketones is 2. The highest BCUT2D eigenvalue weighted by Crippen LogP contribution is 2.38. The molecule has 0 amide bonds. The molecule has 8 nitrogen and oxygen atoms in total. The van der Waals surface area contributed by atoms with Crippen LogP contribution in [0.15, 0.2) is 72.8 Å². The Hall–Kier alpha value is -5.00. The third kappa shape index (κ3) is 6.36. The molecule has 4 aliphatic heterocycles. The van der Waals surface area contributed by atoms with Crippen LogP contribution in [-0.4, -0.2) is 60.9 Å². The quantitative estimate of drug-likeness (QED) is 0.146. The largest absolute Gasteiger partial charge is 0.369 e. The minimum Gasteiger partial charge on any atom is -0.369 e. The molecule has 2 saturated heterocycles. The van der Waals surface area contributed by atoms with Crippen LogP contribution in [0.1, 0.15) is 80.5 Å². The highest BCUT2D eigenvalue weighted by atomic mass is 19.1. The van der Waals surface area contributed by atoms with Crippen LogP contribution in [-0.2, 0) is 22.7 Å². The molecule has 2 fully saturated rings. The maximum absolute atomic E-state index is 14.9. The number of Topliss-reactive ketones (excluding diaryl/α,β-unsaturated/α-hetero) is 2. The monoisotopic (exact) mass is 728 g/mol. The Morgan fingerprint density at radius 1 is 0.574 bits per heavy atom. The molecule has 4 N–H and O–H groups in total. The summed E-state index contributed by atoms with van der Waals surface area (Å²) in [6.07, 6.45) is 4.18. The third-order valence-corrected chi connectivity index (χ3v) is 11.5. The Bertz CT molecular complexity index is 2240. The number of piperidine rings is 2. The molecular formula is C44H42F2N4O4. The predicted molar refractivity (Wildman–Crippen MR) is 205 cm³/mol. The van der Waals surface area contributed by atoms with E-state index in [0.29, 0.717) is 24.3 Å². The molecule has 0 saturated carbocycles. The van der Waals surface area contributed by atoms with Crippen LogP contribution in [0.25, 0.3) is 44.3 Å². The summed E-state index contributed by atoms with van der Waals surface area (Å²) in [7, 11) is 0. The Morgan fingerprint density at radius 2 is 1.04 bits per heavy atom. The molecule has 0 bridgehead atoms. The molecule has 0 aliphatic carbocycles. The number of rotatable bonds is 4. The van der Waals surface area contributed by atoms with Crippen molar-refractivity contribution in [1.29, 1.82) is 0 Å². The summed E-state index contributed by atoms with van der Waals surface area (Å²) >= 11 is 0. The van der Waals surface area contributed by atoms with Gasteiger partial charge in [-0.1, -0.05) is 48.5 Å². The zero-order valence-electron chi connectivity index (χ0n) is 30.0. The number of hydrogen-bond donors (Lipinski definition) is 4. The van der Waals surface area contributed by atoms with Gasteiger partial charge in [0.15, 0.2) is 11.6 Å². The Labute approximate surface area is 311 Å². The predicted octanol–water partition coefficient (Wildman–Crippen LogP) is 8.31. The van der Waals surface area contributed by atoms with Crippen LogP contribution in [0.2, 0.25) is 0 Å². The fraction of sp³-hybridized carbons (Fsp3) is 0.318. The molecule has 0 unspecified atom stereocenters. The molecule has 2 aromatic heterocycles. The maximum Gasteiger partial charge on any atom is 0.189 e. The van der Waals surface area contributed by atoms with Crippen molar-refractivity contribution >= 4 is 33.4 Å². The molecule has 6 aromatic rings. The van der Waals surface area contributed by atoms with Crippen molar-refractivity contribution in [2.45, 2.75) is 50.7 Å². The van der Waals surface area contributed by atoms with Gasteiger partial charge in [0.1, 0.15) is 24.8 Å². The van der Waals surface area contributed by atoms with E-state index >= 15 is 0 Å². The molecule has 276 valence electrons. The minimum absolute atomic E-state index is 0.0174. The molecule has 4 aromatic carbocycles. The lowest BCUT2D eigenvalue weighted by Crippen LogP contribution is -2.28. The SMILES string of the molecule is O=C1COCc2c(-c3ccc([C@@H]4CCCNC4)c(F)c3)[nH]c3cccc1c23.O=C1COCc2c(-c3ccc([C@H]4CCCNC4)c(F)c3)[nH]c3cccc1c23. The standard InChI is InChI=1S/2C22H21FN2O2/c2*23-18-9-13(6-7-15(18)14-3-2-8-24-10-14)22-17-11-27-12-20(26)16-4-1-5-19(25-22)21(16)17/h2*1,4-7,9,14,24-25H,2-3,8,10-12H2/t2*14-/m10/s1. The van der Waals surface area contributed by atoms with Gasteiger partial charge in [0.05, 0.1) is 24.6 Å². The van der Waals surface area contributed by atoms with Crippen LogP contribution in [0, 0.1) is 11.6 Å². The molecule has 10 heteroatoms. The summed E-state index contributed by atoms with van der Waals surface area (Å²) < 4.78 is 41.0. The lowest BCUT2D eigenvalue weighted by Gasteiger charge is -2.23. The summed E-state index contributed by atoms with van der Waals surface area (Å²) in [5.41, 5.74) is 9.77. The molecule has 4 aliphatic rings. The first-order valence-corrected chi connectivity index (χ1v) is 18.9. The molecule has 54 heavy (non-hydrogen) atoms. The normalized spacial score (nSPS) is 20.0. The number of halogens is 2. The average Bonchev–Trinajstić information content (AvgIpc) is 3.65. The van der Waals surface area contributed by atoms with Gasteiger partial charge in [-0.15, -0.1) is 0 Å². The molecule has 0 radical (unpaired) electrons. The number of ether oxygens (including phenoxy) is 2. The topological polar surface area (TPSA) is 108 Å². The van der Waals surface area contributed by atoms with Crippen LogP contribution in [0.4, 0.5) is 8.78 Å². The number of nitrogens with one attached hydrogen (secondary N) is 4. The highest BCUT2D eigenvalue weighted by Gasteiger charge is 2.26. The Morgan fingerprint density at radius 3 is 1.44 bits per heavy atom. The zero-order valence-corrected chi connectivity index (χ0v) is 30.0. The van der Waals surface area contributed by atoms with Gasteiger partial charge in [-0.05, 0) is 86.0 Å². The first kappa shape index (κ1) is 34.7. The van der Waals surface area contributed by atoms with Gasteiger partial charge in [-0.2, -0.15) is 0 Å². The number of aromatic nitrogens is 2. The van der Waals surface area contributed by atoms with Crippen molar-refractivity contribution in [3.05, 3.63) is 118 Å². The summed E-state index contributed by atoms with van der Waals surface area (Å²) in [4.78, 5) is 31.4. The molecule has 6 heterocycles. The molecule has 0 spiro atoms. The van der Waals surface area contributed by atoms with Gasteiger partial charge >= 0.3 is 0 Å². The lowest BCUT2D eigenvalue weighted by molar-refractivity contribution is 0.0738.